The molecular weight excluding hydrogens is 218 g/mol. The van der Waals surface area contributed by atoms with Crippen LogP contribution in [0.5, 0.6) is 0 Å². The molecule has 0 spiro atoms. The van der Waals surface area contributed by atoms with E-state index >= 15 is 0 Å². The van der Waals surface area contributed by atoms with Crippen LogP contribution in [-0.2, 0) is 0 Å². The normalized spacial score (nSPS) is 10.6. The molecule has 0 saturated carbocycles. The van der Waals surface area contributed by atoms with Crippen LogP contribution in [0.1, 0.15) is 5.89 Å². The highest BCUT2D eigenvalue weighted by molar-refractivity contribution is 5.60. The number of aryl methyl sites for hydroxylation is 1. The van der Waals surface area contributed by atoms with Gasteiger partial charge in [-0.25, -0.2) is 4.68 Å². The molecule has 0 aliphatic rings. The maximum absolute atomic E-state index is 4.90. The Balaban J connectivity index is 1.99. The number of nitrogens with zero attached hydrogens (tertiary/aromatic N) is 5. The molecule has 0 aromatic carbocycles. The quantitative estimate of drug-likeness (QED) is 0.665. The van der Waals surface area contributed by atoms with Crippen molar-refractivity contribution >= 4 is 0 Å². The molecule has 0 unspecified atom stereocenters. The largest absolute Gasteiger partial charge is 0.338 e. The first kappa shape index (κ1) is 9.71. The van der Waals surface area contributed by atoms with E-state index in [2.05, 4.69) is 20.2 Å². The van der Waals surface area contributed by atoms with Crippen molar-refractivity contribution in [2.45, 2.75) is 6.92 Å². The zero-order valence-corrected chi connectivity index (χ0v) is 9.11. The lowest BCUT2D eigenvalue weighted by molar-refractivity contribution is 0.389. The summed E-state index contributed by atoms with van der Waals surface area (Å²) in [5.74, 6) is 0.941. The molecule has 3 heterocycles. The molecule has 6 heteroatoms. The summed E-state index contributed by atoms with van der Waals surface area (Å²) in [4.78, 5) is 8.16. The van der Waals surface area contributed by atoms with E-state index in [4.69, 9.17) is 4.52 Å². The molecule has 17 heavy (non-hydrogen) atoms. The molecule has 0 radical (unpaired) electrons. The molecule has 0 amide bonds. The van der Waals surface area contributed by atoms with Crippen molar-refractivity contribution in [3.63, 3.8) is 0 Å². The molecule has 0 aliphatic heterocycles. The smallest absolute Gasteiger partial charge is 0.290 e. The minimum atomic E-state index is 0.428. The molecule has 3 rings (SSSR count). The molecule has 0 atom stereocenters. The average Bonchev–Trinajstić information content (AvgIpc) is 2.98. The molecule has 84 valence electrons. The summed E-state index contributed by atoms with van der Waals surface area (Å²) >= 11 is 0. The van der Waals surface area contributed by atoms with Crippen LogP contribution in [0, 0.1) is 6.92 Å². The van der Waals surface area contributed by atoms with Gasteiger partial charge in [-0.3, -0.25) is 4.98 Å². The van der Waals surface area contributed by atoms with E-state index in [1.807, 2.05) is 18.3 Å². The molecule has 0 saturated heterocycles. The van der Waals surface area contributed by atoms with Gasteiger partial charge in [0, 0.05) is 36.6 Å². The van der Waals surface area contributed by atoms with Crippen LogP contribution >= 0.6 is 0 Å². The number of hydrogen-bond donors (Lipinski definition) is 0. The zero-order valence-electron chi connectivity index (χ0n) is 9.11. The Morgan fingerprint density at radius 2 is 2.18 bits per heavy atom. The van der Waals surface area contributed by atoms with E-state index in [0.717, 1.165) is 11.1 Å². The standard InChI is InChI=1S/C11H9N5O/c1-8-14-11(15-17-8)16-7-10(6-13-16)9-3-2-4-12-5-9/h2-7H,1H3. The fourth-order valence-corrected chi connectivity index (χ4v) is 1.50. The molecule has 0 bridgehead atoms. The van der Waals surface area contributed by atoms with Gasteiger partial charge in [-0.05, 0) is 11.2 Å². The number of rotatable bonds is 2. The number of hydrogen-bond acceptors (Lipinski definition) is 5. The Morgan fingerprint density at radius 1 is 1.24 bits per heavy atom. The van der Waals surface area contributed by atoms with Gasteiger partial charge >= 0.3 is 0 Å². The van der Waals surface area contributed by atoms with Gasteiger partial charge in [0.15, 0.2) is 0 Å². The van der Waals surface area contributed by atoms with Crippen molar-refractivity contribution in [3.05, 3.63) is 42.8 Å². The van der Waals surface area contributed by atoms with E-state index < -0.39 is 0 Å². The van der Waals surface area contributed by atoms with Crippen LogP contribution in [0.2, 0.25) is 0 Å². The third kappa shape index (κ3) is 1.80. The number of aromatic nitrogens is 5. The monoisotopic (exact) mass is 227 g/mol. The minimum absolute atomic E-state index is 0.428. The van der Waals surface area contributed by atoms with E-state index in [-0.39, 0.29) is 0 Å². The maximum atomic E-state index is 4.90. The van der Waals surface area contributed by atoms with Crippen LogP contribution < -0.4 is 0 Å². The first-order valence-corrected chi connectivity index (χ1v) is 5.09. The van der Waals surface area contributed by atoms with Gasteiger partial charge in [-0.1, -0.05) is 6.07 Å². The lowest BCUT2D eigenvalue weighted by Gasteiger charge is -1.93. The molecular formula is C11H9N5O. The molecule has 3 aromatic heterocycles. The summed E-state index contributed by atoms with van der Waals surface area (Å²) in [7, 11) is 0. The van der Waals surface area contributed by atoms with E-state index in [9.17, 15) is 0 Å². The second-order valence-corrected chi connectivity index (χ2v) is 3.53. The lowest BCUT2D eigenvalue weighted by atomic mass is 10.2. The Kier molecular flexibility index (Phi) is 2.18. The van der Waals surface area contributed by atoms with Gasteiger partial charge in [-0.15, -0.1) is 0 Å². The fraction of sp³-hybridized carbons (Fsp3) is 0.0909. The predicted molar refractivity (Wildman–Crippen MR) is 59.4 cm³/mol. The van der Waals surface area contributed by atoms with Crippen molar-refractivity contribution in [1.82, 2.24) is 24.9 Å². The number of pyridine rings is 1. The van der Waals surface area contributed by atoms with Crippen LogP contribution in [0.3, 0.4) is 0 Å². The van der Waals surface area contributed by atoms with Crippen molar-refractivity contribution in [2.24, 2.45) is 0 Å². The van der Waals surface area contributed by atoms with Gasteiger partial charge in [0.05, 0.1) is 6.20 Å². The van der Waals surface area contributed by atoms with Crippen molar-refractivity contribution in [2.75, 3.05) is 0 Å². The zero-order chi connectivity index (χ0) is 11.7. The molecule has 3 aromatic rings. The topological polar surface area (TPSA) is 69.6 Å². The molecule has 0 fully saturated rings. The van der Waals surface area contributed by atoms with Gasteiger partial charge in [0.2, 0.25) is 5.89 Å². The molecule has 0 N–H and O–H groups in total. The van der Waals surface area contributed by atoms with E-state index in [1.165, 1.54) is 0 Å². The van der Waals surface area contributed by atoms with Gasteiger partial charge in [-0.2, -0.15) is 10.1 Å². The summed E-state index contributed by atoms with van der Waals surface area (Å²) in [6.07, 6.45) is 7.09. The average molecular weight is 227 g/mol. The van der Waals surface area contributed by atoms with Crippen molar-refractivity contribution in [3.8, 4) is 17.1 Å². The second kappa shape index (κ2) is 3.82. The fourth-order valence-electron chi connectivity index (χ4n) is 1.50. The lowest BCUT2D eigenvalue weighted by Crippen LogP contribution is -1.96. The highest BCUT2D eigenvalue weighted by atomic mass is 16.5. The third-order valence-electron chi connectivity index (χ3n) is 2.30. The summed E-state index contributed by atoms with van der Waals surface area (Å²) in [5.41, 5.74) is 1.96. The second-order valence-electron chi connectivity index (χ2n) is 3.53. The van der Waals surface area contributed by atoms with Crippen molar-refractivity contribution in [1.29, 1.82) is 0 Å². The third-order valence-corrected chi connectivity index (χ3v) is 2.30. The summed E-state index contributed by atoms with van der Waals surface area (Å²) in [6, 6.07) is 3.85. The van der Waals surface area contributed by atoms with Gasteiger partial charge in [0.1, 0.15) is 0 Å². The van der Waals surface area contributed by atoms with Crippen LogP contribution in [0.15, 0.2) is 41.4 Å². The summed E-state index contributed by atoms with van der Waals surface area (Å²) in [5, 5.41) is 7.97. The van der Waals surface area contributed by atoms with E-state index in [1.54, 1.807) is 30.2 Å². The Morgan fingerprint density at radius 3 is 2.88 bits per heavy atom. The SMILES string of the molecule is Cc1nc(-n2cc(-c3cccnc3)cn2)no1. The minimum Gasteiger partial charge on any atom is -0.338 e. The van der Waals surface area contributed by atoms with E-state index in [0.29, 0.717) is 11.8 Å². The maximum Gasteiger partial charge on any atom is 0.290 e. The Hall–Kier alpha value is -2.50. The van der Waals surface area contributed by atoms with Crippen molar-refractivity contribution < 1.29 is 4.52 Å². The highest BCUT2D eigenvalue weighted by Gasteiger charge is 2.07. The first-order chi connectivity index (χ1) is 8.33. The predicted octanol–water partition coefficient (Wildman–Crippen LogP) is 1.63. The van der Waals surface area contributed by atoms with Gasteiger partial charge < -0.3 is 4.52 Å². The Bertz CT molecular complexity index is 628. The molecule has 0 aliphatic carbocycles. The summed E-state index contributed by atoms with van der Waals surface area (Å²) < 4.78 is 6.47. The summed E-state index contributed by atoms with van der Waals surface area (Å²) in [6.45, 7) is 1.74. The molecule has 6 nitrogen and oxygen atoms in total. The first-order valence-electron chi connectivity index (χ1n) is 5.09. The highest BCUT2D eigenvalue weighted by Crippen LogP contribution is 2.17. The van der Waals surface area contributed by atoms with Gasteiger partial charge in [0.25, 0.3) is 5.95 Å². The van der Waals surface area contributed by atoms with Crippen LogP contribution in [0.25, 0.3) is 17.1 Å². The van der Waals surface area contributed by atoms with Crippen LogP contribution in [0.4, 0.5) is 0 Å². The Labute approximate surface area is 96.9 Å². The van der Waals surface area contributed by atoms with Crippen LogP contribution in [-0.4, -0.2) is 24.9 Å².